The van der Waals surface area contributed by atoms with Crippen LogP contribution in [0.1, 0.15) is 24.2 Å². The van der Waals surface area contributed by atoms with E-state index in [9.17, 15) is 29.4 Å². The van der Waals surface area contributed by atoms with Gasteiger partial charge in [-0.1, -0.05) is 12.1 Å². The lowest BCUT2D eigenvalue weighted by Crippen LogP contribution is -2.47. The average molecular weight is 716 g/mol. The van der Waals surface area contributed by atoms with Crippen LogP contribution in [0.2, 0.25) is 0 Å². The number of β-amino-alcohol motifs (C(OH)–C–C–N with tert-alkyl or cyclic N) is 2. The molecular formula is C39H37N7O7. The van der Waals surface area contributed by atoms with E-state index >= 15 is 0 Å². The van der Waals surface area contributed by atoms with Crippen molar-refractivity contribution in [3.05, 3.63) is 115 Å². The number of carbonyl (C=O) groups is 4. The van der Waals surface area contributed by atoms with E-state index in [1.54, 1.807) is 104 Å². The van der Waals surface area contributed by atoms with Crippen LogP contribution < -0.4 is 20.4 Å². The van der Waals surface area contributed by atoms with Crippen LogP contribution in [0.25, 0.3) is 22.8 Å². The zero-order valence-electron chi connectivity index (χ0n) is 28.5. The molecule has 2 fully saturated rings. The molecule has 5 aromatic rings. The molecule has 0 spiro atoms. The summed E-state index contributed by atoms with van der Waals surface area (Å²) in [6, 6.07) is 22.5. The number of anilines is 2. The highest BCUT2D eigenvalue weighted by molar-refractivity contribution is 6.18. The quantitative estimate of drug-likeness (QED) is 0.166. The molecule has 0 bridgehead atoms. The Balaban J connectivity index is 1.09. The molecule has 2 saturated heterocycles. The van der Waals surface area contributed by atoms with Gasteiger partial charge in [0.1, 0.15) is 0 Å². The van der Waals surface area contributed by atoms with Gasteiger partial charge in [0.15, 0.2) is 5.76 Å². The van der Waals surface area contributed by atoms with Crippen LogP contribution in [0, 0.1) is 0 Å². The number of aliphatic hydroxyl groups is 2. The van der Waals surface area contributed by atoms with Crippen molar-refractivity contribution in [1.82, 2.24) is 25.6 Å². The van der Waals surface area contributed by atoms with Gasteiger partial charge in [-0.25, -0.2) is 14.8 Å². The van der Waals surface area contributed by atoms with Crippen LogP contribution in [0.15, 0.2) is 108 Å². The van der Waals surface area contributed by atoms with Gasteiger partial charge in [-0.2, -0.15) is 0 Å². The highest BCUT2D eigenvalue weighted by Gasteiger charge is 2.36. The van der Waals surface area contributed by atoms with Gasteiger partial charge in [0.25, 0.3) is 11.8 Å². The molecule has 270 valence electrons. The Kier molecular flexibility index (Phi) is 10.5. The van der Waals surface area contributed by atoms with E-state index in [4.69, 9.17) is 4.42 Å². The topological polar surface area (TPSA) is 191 Å². The van der Waals surface area contributed by atoms with Gasteiger partial charge in [0.05, 0.1) is 54.7 Å². The number of rotatable bonds is 10. The highest BCUT2D eigenvalue weighted by Crippen LogP contribution is 2.30. The maximum atomic E-state index is 13.6. The molecule has 2 aromatic carbocycles. The van der Waals surface area contributed by atoms with Crippen LogP contribution in [0.4, 0.5) is 11.4 Å². The summed E-state index contributed by atoms with van der Waals surface area (Å²) < 4.78 is 6.09. The minimum absolute atomic E-state index is 0.0846. The fourth-order valence-electron chi connectivity index (χ4n) is 6.45. The standard InChI is InChI=1S/C39H37N7O7/c47-30-19-32(42-21-30)38(51)45(35(49)17-26-5-1-3-15-40-26)28-11-7-24(8-12-28)34-23-44-37(53-34)25-9-13-29(14-10-25)46(39(52)33-20-31(48)22-43-33)36(50)18-27-6-2-4-16-41-27/h1-16,23,30-33,42-43,47-48H,17-22H2/t30-,31-,32+,33+/m1/s1. The molecule has 14 heteroatoms. The third kappa shape index (κ3) is 8.10. The summed E-state index contributed by atoms with van der Waals surface area (Å²) in [5, 5.41) is 26.0. The van der Waals surface area contributed by atoms with Crippen molar-refractivity contribution in [2.75, 3.05) is 22.9 Å². The van der Waals surface area contributed by atoms with Crippen LogP contribution in [0.3, 0.4) is 0 Å². The molecule has 0 unspecified atom stereocenters. The number of pyridine rings is 2. The molecule has 2 aliphatic rings. The summed E-state index contributed by atoms with van der Waals surface area (Å²) in [6.07, 6.45) is 3.59. The van der Waals surface area contributed by atoms with E-state index < -0.39 is 47.9 Å². The second-order valence-electron chi connectivity index (χ2n) is 13.0. The Morgan fingerprint density at radius 2 is 1.11 bits per heavy atom. The van der Waals surface area contributed by atoms with Crippen LogP contribution in [-0.2, 0) is 32.0 Å². The predicted molar refractivity (Wildman–Crippen MR) is 193 cm³/mol. The second-order valence-corrected chi connectivity index (χ2v) is 13.0. The first kappa shape index (κ1) is 35.5. The molecule has 5 heterocycles. The third-order valence-electron chi connectivity index (χ3n) is 9.16. The number of oxazole rings is 1. The van der Waals surface area contributed by atoms with Crippen LogP contribution >= 0.6 is 0 Å². The van der Waals surface area contributed by atoms with Gasteiger partial charge in [-0.05, 0) is 85.6 Å². The van der Waals surface area contributed by atoms with Gasteiger partial charge in [-0.15, -0.1) is 0 Å². The Hall–Kier alpha value is -5.93. The zero-order valence-corrected chi connectivity index (χ0v) is 28.5. The third-order valence-corrected chi connectivity index (χ3v) is 9.16. The normalized spacial score (nSPS) is 19.5. The summed E-state index contributed by atoms with van der Waals surface area (Å²) >= 11 is 0. The number of imide groups is 2. The largest absolute Gasteiger partial charge is 0.436 e. The predicted octanol–water partition coefficient (Wildman–Crippen LogP) is 2.45. The van der Waals surface area contributed by atoms with Crippen molar-refractivity contribution in [3.63, 3.8) is 0 Å². The van der Waals surface area contributed by atoms with E-state index in [1.165, 1.54) is 0 Å². The van der Waals surface area contributed by atoms with E-state index in [0.29, 0.717) is 45.5 Å². The lowest BCUT2D eigenvalue weighted by molar-refractivity contribution is -0.128. The maximum absolute atomic E-state index is 13.6. The second kappa shape index (κ2) is 15.8. The first-order valence-electron chi connectivity index (χ1n) is 17.3. The Labute approximate surface area is 304 Å². The lowest BCUT2D eigenvalue weighted by atomic mass is 10.1. The Morgan fingerprint density at radius 1 is 0.642 bits per heavy atom. The number of hydrogen-bond donors (Lipinski definition) is 4. The number of nitrogens with zero attached hydrogens (tertiary/aromatic N) is 5. The summed E-state index contributed by atoms with van der Waals surface area (Å²) in [4.78, 5) is 69.3. The molecule has 0 saturated carbocycles. The number of amides is 4. The van der Waals surface area contributed by atoms with Crippen molar-refractivity contribution in [3.8, 4) is 22.8 Å². The smallest absolute Gasteiger partial charge is 0.250 e. The van der Waals surface area contributed by atoms with Crippen molar-refractivity contribution in [1.29, 1.82) is 0 Å². The molecule has 4 atom stereocenters. The lowest BCUT2D eigenvalue weighted by Gasteiger charge is -2.24. The molecule has 4 N–H and O–H groups in total. The molecule has 14 nitrogen and oxygen atoms in total. The van der Waals surface area contributed by atoms with Gasteiger partial charge >= 0.3 is 0 Å². The van der Waals surface area contributed by atoms with Crippen LogP contribution in [-0.4, -0.2) is 86.2 Å². The molecule has 4 amide bonds. The number of nitrogens with one attached hydrogen (secondary N) is 2. The van der Waals surface area contributed by atoms with Crippen molar-refractivity contribution in [2.45, 2.75) is 50.0 Å². The molecule has 7 rings (SSSR count). The highest BCUT2D eigenvalue weighted by atomic mass is 16.4. The first-order chi connectivity index (χ1) is 25.7. The Morgan fingerprint density at radius 3 is 1.53 bits per heavy atom. The minimum atomic E-state index is -0.713. The van der Waals surface area contributed by atoms with E-state index in [2.05, 4.69) is 25.6 Å². The summed E-state index contributed by atoms with van der Waals surface area (Å²) in [7, 11) is 0. The van der Waals surface area contributed by atoms with Gasteiger partial charge < -0.3 is 25.3 Å². The zero-order chi connectivity index (χ0) is 36.9. The van der Waals surface area contributed by atoms with Crippen molar-refractivity contribution < 1.29 is 33.8 Å². The SMILES string of the molecule is O=C(Cc1ccccn1)N(C(=O)[C@@H]1C[C@@H](O)CN1)c1ccc(-c2cnc(-c3ccc(N(C(=O)Cc4ccccn4)C(=O)[C@@H]4C[C@@H](O)CN4)cc3)o2)cc1. The minimum Gasteiger partial charge on any atom is -0.436 e. The molecule has 3 aromatic heterocycles. The summed E-state index contributed by atoms with van der Waals surface area (Å²) in [5.41, 5.74) is 2.99. The fourth-order valence-corrected chi connectivity index (χ4v) is 6.45. The summed E-state index contributed by atoms with van der Waals surface area (Å²) in [6.45, 7) is 0.522. The average Bonchev–Trinajstić information content (AvgIpc) is 3.95. The van der Waals surface area contributed by atoms with E-state index in [0.717, 1.165) is 9.80 Å². The number of benzene rings is 2. The summed E-state index contributed by atoms with van der Waals surface area (Å²) in [5.74, 6) is -1.11. The van der Waals surface area contributed by atoms with E-state index in [-0.39, 0.29) is 38.8 Å². The molecule has 53 heavy (non-hydrogen) atoms. The van der Waals surface area contributed by atoms with Crippen molar-refractivity contribution >= 4 is 35.0 Å². The molecule has 0 aliphatic carbocycles. The number of aliphatic hydroxyl groups excluding tert-OH is 2. The number of aromatic nitrogens is 3. The van der Waals surface area contributed by atoms with E-state index in [1.807, 2.05) is 0 Å². The molecule has 0 radical (unpaired) electrons. The number of hydrogen-bond acceptors (Lipinski definition) is 12. The first-order valence-corrected chi connectivity index (χ1v) is 17.3. The van der Waals surface area contributed by atoms with Gasteiger partial charge in [0, 0.05) is 48.0 Å². The van der Waals surface area contributed by atoms with Crippen LogP contribution in [0.5, 0.6) is 0 Å². The molecular weight excluding hydrogens is 678 g/mol. The van der Waals surface area contributed by atoms with Gasteiger partial charge in [-0.3, -0.25) is 29.1 Å². The van der Waals surface area contributed by atoms with Gasteiger partial charge in [0.2, 0.25) is 17.7 Å². The monoisotopic (exact) mass is 715 g/mol. The Bertz CT molecular complexity index is 1930. The van der Waals surface area contributed by atoms with Crippen molar-refractivity contribution in [2.24, 2.45) is 0 Å². The maximum Gasteiger partial charge on any atom is 0.250 e. The molecule has 2 aliphatic heterocycles. The fraction of sp³-hybridized carbons (Fsp3) is 0.256. The number of carbonyl (C=O) groups excluding carboxylic acids is 4.